The van der Waals surface area contributed by atoms with E-state index in [9.17, 15) is 5.26 Å². The number of pyridine rings is 1. The molecule has 0 aromatic carbocycles. The maximum atomic E-state index is 9.37. The first-order chi connectivity index (χ1) is 12.7. The Balaban J connectivity index is 1.70. The van der Waals surface area contributed by atoms with Crippen LogP contribution in [-0.2, 0) is 6.42 Å². The molecule has 1 unspecified atom stereocenters. The first-order valence-corrected chi connectivity index (χ1v) is 8.53. The van der Waals surface area contributed by atoms with E-state index >= 15 is 0 Å². The number of hydrogen-bond acceptors (Lipinski definition) is 7. The Kier molecular flexibility index (Phi) is 4.05. The summed E-state index contributed by atoms with van der Waals surface area (Å²) >= 11 is 0. The van der Waals surface area contributed by atoms with Gasteiger partial charge >= 0.3 is 0 Å². The SMILES string of the molecule is CC(C)c1c(CC2CC=NN2c2ncccc2C#N)ncn2ncnc12. The van der Waals surface area contributed by atoms with Crippen molar-refractivity contribution in [3.63, 3.8) is 0 Å². The summed E-state index contributed by atoms with van der Waals surface area (Å²) in [5.74, 6) is 0.856. The summed E-state index contributed by atoms with van der Waals surface area (Å²) < 4.78 is 1.70. The van der Waals surface area contributed by atoms with E-state index < -0.39 is 0 Å². The van der Waals surface area contributed by atoms with Crippen molar-refractivity contribution in [3.8, 4) is 6.07 Å². The van der Waals surface area contributed by atoms with Crippen LogP contribution >= 0.6 is 0 Å². The van der Waals surface area contributed by atoms with Crippen LogP contribution in [0.25, 0.3) is 5.65 Å². The highest BCUT2D eigenvalue weighted by molar-refractivity contribution is 5.68. The van der Waals surface area contributed by atoms with Gasteiger partial charge in [0.05, 0.1) is 17.3 Å². The lowest BCUT2D eigenvalue weighted by Gasteiger charge is -2.24. The fourth-order valence-corrected chi connectivity index (χ4v) is 3.34. The van der Waals surface area contributed by atoms with Crippen molar-refractivity contribution in [2.45, 2.75) is 38.6 Å². The zero-order chi connectivity index (χ0) is 18.1. The third-order valence-corrected chi connectivity index (χ3v) is 4.51. The number of aromatic nitrogens is 5. The van der Waals surface area contributed by atoms with Crippen molar-refractivity contribution in [2.75, 3.05) is 5.01 Å². The molecule has 0 aliphatic carbocycles. The predicted octanol–water partition coefficient (Wildman–Crippen LogP) is 2.32. The Morgan fingerprint density at radius 2 is 2.19 bits per heavy atom. The molecule has 0 radical (unpaired) electrons. The van der Waals surface area contributed by atoms with E-state index in [2.05, 4.69) is 45.1 Å². The van der Waals surface area contributed by atoms with Crippen LogP contribution in [0.5, 0.6) is 0 Å². The lowest BCUT2D eigenvalue weighted by Crippen LogP contribution is -2.30. The average molecular weight is 346 g/mol. The first-order valence-electron chi connectivity index (χ1n) is 8.53. The van der Waals surface area contributed by atoms with Gasteiger partial charge in [0.25, 0.3) is 0 Å². The van der Waals surface area contributed by atoms with E-state index in [-0.39, 0.29) is 12.0 Å². The highest BCUT2D eigenvalue weighted by Gasteiger charge is 2.28. The fraction of sp³-hybridized carbons (Fsp3) is 0.333. The first kappa shape index (κ1) is 16.1. The Hall–Kier alpha value is -3.34. The molecule has 3 aromatic heterocycles. The van der Waals surface area contributed by atoms with E-state index in [1.165, 1.54) is 0 Å². The monoisotopic (exact) mass is 346 g/mol. The number of nitrogens with zero attached hydrogens (tertiary/aromatic N) is 8. The highest BCUT2D eigenvalue weighted by Crippen LogP contribution is 2.28. The summed E-state index contributed by atoms with van der Waals surface area (Å²) in [5.41, 5.74) is 3.43. The van der Waals surface area contributed by atoms with Gasteiger partial charge in [-0.1, -0.05) is 13.8 Å². The van der Waals surface area contributed by atoms with Gasteiger partial charge in [0, 0.05) is 30.8 Å². The molecular weight excluding hydrogens is 328 g/mol. The molecule has 8 nitrogen and oxygen atoms in total. The van der Waals surface area contributed by atoms with Crippen LogP contribution in [0, 0.1) is 11.3 Å². The second-order valence-corrected chi connectivity index (χ2v) is 6.51. The topological polar surface area (TPSA) is 95.4 Å². The van der Waals surface area contributed by atoms with Crippen LogP contribution in [0.15, 0.2) is 36.1 Å². The molecule has 1 aliphatic heterocycles. The molecule has 1 atom stereocenters. The van der Waals surface area contributed by atoms with Crippen LogP contribution < -0.4 is 5.01 Å². The number of anilines is 1. The van der Waals surface area contributed by atoms with Crippen molar-refractivity contribution >= 4 is 17.7 Å². The molecule has 4 heterocycles. The van der Waals surface area contributed by atoms with Crippen molar-refractivity contribution in [3.05, 3.63) is 47.8 Å². The molecule has 0 saturated heterocycles. The van der Waals surface area contributed by atoms with Crippen LogP contribution in [0.3, 0.4) is 0 Å². The lowest BCUT2D eigenvalue weighted by atomic mass is 9.97. The summed E-state index contributed by atoms with van der Waals surface area (Å²) in [6.07, 6.45) is 8.26. The van der Waals surface area contributed by atoms with E-state index in [4.69, 9.17) is 0 Å². The smallest absolute Gasteiger partial charge is 0.167 e. The minimum absolute atomic E-state index is 0.0624. The fourth-order valence-electron chi connectivity index (χ4n) is 3.34. The molecule has 130 valence electrons. The Morgan fingerprint density at radius 3 is 3.00 bits per heavy atom. The number of hydrogen-bond donors (Lipinski definition) is 0. The van der Waals surface area contributed by atoms with Crippen molar-refractivity contribution in [1.82, 2.24) is 24.6 Å². The van der Waals surface area contributed by atoms with Crippen LogP contribution in [0.4, 0.5) is 5.82 Å². The summed E-state index contributed by atoms with van der Waals surface area (Å²) in [6.45, 7) is 4.26. The van der Waals surface area contributed by atoms with Gasteiger partial charge < -0.3 is 0 Å². The average Bonchev–Trinajstić information content (AvgIpc) is 3.30. The molecule has 0 amide bonds. The Bertz CT molecular complexity index is 1010. The van der Waals surface area contributed by atoms with Gasteiger partial charge in [-0.05, 0) is 18.1 Å². The molecule has 8 heteroatoms. The normalized spacial score (nSPS) is 16.5. The summed E-state index contributed by atoms with van der Waals surface area (Å²) in [4.78, 5) is 13.4. The molecule has 0 spiro atoms. The van der Waals surface area contributed by atoms with E-state index in [1.807, 2.05) is 11.2 Å². The van der Waals surface area contributed by atoms with Gasteiger partial charge in [0.1, 0.15) is 18.7 Å². The molecule has 0 N–H and O–H groups in total. The highest BCUT2D eigenvalue weighted by atomic mass is 15.5. The third-order valence-electron chi connectivity index (χ3n) is 4.51. The maximum Gasteiger partial charge on any atom is 0.167 e. The standard InChI is InChI=1S/C18H18N8/c1-12(2)16-15(22-11-25-18(16)21-10-24-25)8-14-5-7-23-26(14)17-13(9-19)4-3-6-20-17/h3-4,6-7,10-12,14H,5,8H2,1-2H3. The summed E-state index contributed by atoms with van der Waals surface area (Å²) in [7, 11) is 0. The minimum atomic E-state index is 0.0624. The van der Waals surface area contributed by atoms with Crippen molar-refractivity contribution in [2.24, 2.45) is 5.10 Å². The van der Waals surface area contributed by atoms with E-state index in [0.717, 1.165) is 23.3 Å². The molecule has 26 heavy (non-hydrogen) atoms. The quantitative estimate of drug-likeness (QED) is 0.719. The number of rotatable bonds is 4. The Labute approximate surface area is 150 Å². The van der Waals surface area contributed by atoms with Crippen LogP contribution in [-0.4, -0.2) is 36.8 Å². The van der Waals surface area contributed by atoms with Gasteiger partial charge in [0.15, 0.2) is 11.5 Å². The zero-order valence-electron chi connectivity index (χ0n) is 14.6. The molecular formula is C18H18N8. The lowest BCUT2D eigenvalue weighted by molar-refractivity contribution is 0.629. The minimum Gasteiger partial charge on any atom is -0.243 e. The number of fused-ring (bicyclic) bond motifs is 1. The molecule has 0 fully saturated rings. The molecule has 0 saturated carbocycles. The summed E-state index contributed by atoms with van der Waals surface area (Å²) in [5, 5.41) is 19.8. The molecule has 3 aromatic rings. The Morgan fingerprint density at radius 1 is 1.31 bits per heavy atom. The molecule has 1 aliphatic rings. The van der Waals surface area contributed by atoms with Crippen LogP contribution in [0.2, 0.25) is 0 Å². The van der Waals surface area contributed by atoms with Crippen LogP contribution in [0.1, 0.15) is 43.0 Å². The second kappa shape index (κ2) is 6.52. The van der Waals surface area contributed by atoms with E-state index in [1.54, 1.807) is 35.5 Å². The third kappa shape index (κ3) is 2.67. The van der Waals surface area contributed by atoms with Gasteiger partial charge in [-0.15, -0.1) is 0 Å². The largest absolute Gasteiger partial charge is 0.243 e. The zero-order valence-corrected chi connectivity index (χ0v) is 14.6. The predicted molar refractivity (Wildman–Crippen MR) is 96.9 cm³/mol. The van der Waals surface area contributed by atoms with Gasteiger partial charge in [-0.3, -0.25) is 0 Å². The van der Waals surface area contributed by atoms with Gasteiger partial charge in [-0.2, -0.15) is 15.5 Å². The van der Waals surface area contributed by atoms with Gasteiger partial charge in [0.2, 0.25) is 0 Å². The van der Waals surface area contributed by atoms with Crippen molar-refractivity contribution in [1.29, 1.82) is 5.26 Å². The van der Waals surface area contributed by atoms with Crippen molar-refractivity contribution < 1.29 is 0 Å². The summed E-state index contributed by atoms with van der Waals surface area (Å²) in [6, 6.07) is 5.77. The molecule has 4 rings (SSSR count). The maximum absolute atomic E-state index is 9.37. The van der Waals surface area contributed by atoms with E-state index in [0.29, 0.717) is 17.8 Å². The van der Waals surface area contributed by atoms with Gasteiger partial charge in [-0.25, -0.2) is 24.5 Å². The second-order valence-electron chi connectivity index (χ2n) is 6.51. The number of hydrazone groups is 1. The molecule has 0 bridgehead atoms. The number of nitriles is 1.